The number of aryl methyl sites for hydroxylation is 1. The van der Waals surface area contributed by atoms with Crippen molar-refractivity contribution in [2.45, 2.75) is 24.3 Å². The molecular formula is C18H15BrN2O2S. The summed E-state index contributed by atoms with van der Waals surface area (Å²) in [4.78, 5) is 12.5. The van der Waals surface area contributed by atoms with Gasteiger partial charge in [-0.3, -0.25) is 4.79 Å². The number of hydrogen-bond acceptors (Lipinski definition) is 5. The van der Waals surface area contributed by atoms with E-state index >= 15 is 0 Å². The first-order chi connectivity index (χ1) is 11.5. The Kier molecular flexibility index (Phi) is 5.16. The monoisotopic (exact) mass is 402 g/mol. The molecule has 0 aliphatic heterocycles. The summed E-state index contributed by atoms with van der Waals surface area (Å²) in [5.74, 6) is 0.493. The maximum Gasteiger partial charge on any atom is 0.277 e. The highest BCUT2D eigenvalue weighted by Crippen LogP contribution is 2.28. The van der Waals surface area contributed by atoms with E-state index in [1.165, 1.54) is 11.8 Å². The van der Waals surface area contributed by atoms with Gasteiger partial charge in [0.15, 0.2) is 5.78 Å². The predicted molar refractivity (Wildman–Crippen MR) is 98.3 cm³/mol. The lowest BCUT2D eigenvalue weighted by atomic mass is 10.1. The van der Waals surface area contributed by atoms with Gasteiger partial charge in [-0.05, 0) is 38.1 Å². The lowest BCUT2D eigenvalue weighted by Crippen LogP contribution is -2.13. The minimum Gasteiger partial charge on any atom is -0.411 e. The van der Waals surface area contributed by atoms with Gasteiger partial charge >= 0.3 is 0 Å². The van der Waals surface area contributed by atoms with Crippen molar-refractivity contribution in [1.29, 1.82) is 0 Å². The number of rotatable bonds is 5. The summed E-state index contributed by atoms with van der Waals surface area (Å²) >= 11 is 4.63. The largest absolute Gasteiger partial charge is 0.411 e. The van der Waals surface area contributed by atoms with E-state index in [-0.39, 0.29) is 11.0 Å². The summed E-state index contributed by atoms with van der Waals surface area (Å²) in [6, 6.07) is 15.2. The molecule has 4 nitrogen and oxygen atoms in total. The van der Waals surface area contributed by atoms with E-state index in [9.17, 15) is 4.79 Å². The Morgan fingerprint density at radius 1 is 1.17 bits per heavy atom. The van der Waals surface area contributed by atoms with Gasteiger partial charge < -0.3 is 4.42 Å². The van der Waals surface area contributed by atoms with Gasteiger partial charge in [0.05, 0.1) is 5.25 Å². The van der Waals surface area contributed by atoms with Gasteiger partial charge in [-0.2, -0.15) is 0 Å². The number of benzene rings is 2. The van der Waals surface area contributed by atoms with Gasteiger partial charge in [0, 0.05) is 15.6 Å². The standard InChI is InChI=1S/C18H15BrN2O2S/c1-11-4-3-5-14(10-11)17-20-21-18(23-17)24-12(2)16(22)13-6-8-15(19)9-7-13/h3-10,12H,1-2H3. The minimum atomic E-state index is -0.308. The SMILES string of the molecule is Cc1cccc(-c2nnc(SC(C)C(=O)c3ccc(Br)cc3)o2)c1. The van der Waals surface area contributed by atoms with E-state index in [1.54, 1.807) is 12.1 Å². The fourth-order valence-corrected chi connectivity index (χ4v) is 3.23. The van der Waals surface area contributed by atoms with Crippen molar-refractivity contribution in [2.24, 2.45) is 0 Å². The highest BCUT2D eigenvalue weighted by atomic mass is 79.9. The first kappa shape index (κ1) is 16.9. The third-order valence-corrected chi connectivity index (χ3v) is 4.91. The Labute approximate surface area is 152 Å². The van der Waals surface area contributed by atoms with Crippen LogP contribution in [0.3, 0.4) is 0 Å². The number of carbonyl (C=O) groups excluding carboxylic acids is 1. The van der Waals surface area contributed by atoms with Crippen LogP contribution in [-0.2, 0) is 0 Å². The Morgan fingerprint density at radius 2 is 1.92 bits per heavy atom. The van der Waals surface area contributed by atoms with Crippen LogP contribution in [0.5, 0.6) is 0 Å². The fraction of sp³-hybridized carbons (Fsp3) is 0.167. The van der Waals surface area contributed by atoms with E-state index in [1.807, 2.05) is 50.2 Å². The maximum atomic E-state index is 12.5. The van der Waals surface area contributed by atoms with E-state index in [0.29, 0.717) is 16.7 Å². The zero-order valence-corrected chi connectivity index (χ0v) is 15.6. The molecule has 1 unspecified atom stereocenters. The molecule has 122 valence electrons. The number of thioether (sulfide) groups is 1. The third-order valence-electron chi connectivity index (χ3n) is 3.45. The van der Waals surface area contributed by atoms with Crippen LogP contribution in [0.4, 0.5) is 0 Å². The molecule has 0 spiro atoms. The smallest absolute Gasteiger partial charge is 0.277 e. The van der Waals surface area contributed by atoms with Gasteiger partial charge in [0.1, 0.15) is 0 Å². The molecule has 0 N–H and O–H groups in total. The molecule has 1 aromatic heterocycles. The van der Waals surface area contributed by atoms with E-state index in [2.05, 4.69) is 26.1 Å². The number of carbonyl (C=O) groups is 1. The molecule has 24 heavy (non-hydrogen) atoms. The first-order valence-corrected chi connectivity index (χ1v) is 9.07. The Bertz CT molecular complexity index is 861. The predicted octanol–water partition coefficient (Wildman–Crippen LogP) is 5.17. The molecule has 0 fully saturated rings. The van der Waals surface area contributed by atoms with Gasteiger partial charge in [-0.1, -0.05) is 57.5 Å². The van der Waals surface area contributed by atoms with Gasteiger partial charge in [0.2, 0.25) is 5.89 Å². The summed E-state index contributed by atoms with van der Waals surface area (Å²) in [5.41, 5.74) is 2.66. The number of nitrogens with zero attached hydrogens (tertiary/aromatic N) is 2. The maximum absolute atomic E-state index is 12.5. The van der Waals surface area contributed by atoms with Crippen molar-refractivity contribution in [1.82, 2.24) is 10.2 Å². The molecule has 0 amide bonds. The molecule has 0 radical (unpaired) electrons. The minimum absolute atomic E-state index is 0.0304. The summed E-state index contributed by atoms with van der Waals surface area (Å²) in [7, 11) is 0. The van der Waals surface area contributed by atoms with Crippen molar-refractivity contribution < 1.29 is 9.21 Å². The second kappa shape index (κ2) is 7.32. The van der Waals surface area contributed by atoms with Crippen LogP contribution in [0.15, 0.2) is 62.6 Å². The zero-order chi connectivity index (χ0) is 17.1. The number of hydrogen-bond donors (Lipinski definition) is 0. The summed E-state index contributed by atoms with van der Waals surface area (Å²) in [6.07, 6.45) is 0. The van der Waals surface area contributed by atoms with Crippen LogP contribution in [0.2, 0.25) is 0 Å². The van der Waals surface area contributed by atoms with Crippen molar-refractivity contribution in [3.8, 4) is 11.5 Å². The molecule has 6 heteroatoms. The average Bonchev–Trinajstić information content (AvgIpc) is 3.03. The Balaban J connectivity index is 1.72. The average molecular weight is 403 g/mol. The van der Waals surface area contributed by atoms with Crippen LogP contribution in [0, 0.1) is 6.92 Å². The van der Waals surface area contributed by atoms with Crippen LogP contribution in [0.1, 0.15) is 22.8 Å². The van der Waals surface area contributed by atoms with Gasteiger partial charge in [0.25, 0.3) is 5.22 Å². The summed E-state index contributed by atoms with van der Waals surface area (Å²) < 4.78 is 6.63. The molecule has 3 aromatic rings. The van der Waals surface area contributed by atoms with Crippen molar-refractivity contribution >= 4 is 33.5 Å². The zero-order valence-electron chi connectivity index (χ0n) is 13.2. The lowest BCUT2D eigenvalue weighted by Gasteiger charge is -2.07. The molecule has 0 saturated carbocycles. The van der Waals surface area contributed by atoms with Crippen LogP contribution in [0.25, 0.3) is 11.5 Å². The number of halogens is 1. The Morgan fingerprint density at radius 3 is 2.62 bits per heavy atom. The molecule has 0 aliphatic carbocycles. The molecule has 1 heterocycles. The topological polar surface area (TPSA) is 56.0 Å². The third kappa shape index (κ3) is 3.94. The van der Waals surface area contributed by atoms with E-state index in [4.69, 9.17) is 4.42 Å². The molecule has 3 rings (SSSR count). The molecule has 1 atom stereocenters. The number of Topliss-reactive ketones (excluding diaryl/α,β-unsaturated/α-hetero) is 1. The molecule has 2 aromatic carbocycles. The van der Waals surface area contributed by atoms with Crippen molar-refractivity contribution in [3.05, 3.63) is 64.1 Å². The second-order valence-corrected chi connectivity index (χ2v) is 7.58. The van der Waals surface area contributed by atoms with E-state index in [0.717, 1.165) is 15.6 Å². The van der Waals surface area contributed by atoms with Crippen LogP contribution >= 0.6 is 27.7 Å². The second-order valence-electron chi connectivity index (χ2n) is 5.37. The van der Waals surface area contributed by atoms with Crippen LogP contribution < -0.4 is 0 Å². The van der Waals surface area contributed by atoms with Gasteiger partial charge in [-0.15, -0.1) is 10.2 Å². The van der Waals surface area contributed by atoms with Gasteiger partial charge in [-0.25, -0.2) is 0 Å². The summed E-state index contributed by atoms with van der Waals surface area (Å²) in [6.45, 7) is 3.85. The number of ketones is 1. The fourth-order valence-electron chi connectivity index (χ4n) is 2.21. The lowest BCUT2D eigenvalue weighted by molar-refractivity contribution is 0.0993. The Hall–Kier alpha value is -1.92. The summed E-state index contributed by atoms with van der Waals surface area (Å²) in [5, 5.41) is 8.19. The highest BCUT2D eigenvalue weighted by molar-refractivity contribution is 9.10. The van der Waals surface area contributed by atoms with E-state index < -0.39 is 0 Å². The van der Waals surface area contributed by atoms with Crippen molar-refractivity contribution in [2.75, 3.05) is 0 Å². The normalized spacial score (nSPS) is 12.1. The first-order valence-electron chi connectivity index (χ1n) is 7.40. The van der Waals surface area contributed by atoms with Crippen LogP contribution in [-0.4, -0.2) is 21.2 Å². The highest BCUT2D eigenvalue weighted by Gasteiger charge is 2.20. The molecule has 0 aliphatic rings. The molecule has 0 bridgehead atoms. The number of aromatic nitrogens is 2. The van der Waals surface area contributed by atoms with Crippen molar-refractivity contribution in [3.63, 3.8) is 0 Å². The molecular weight excluding hydrogens is 388 g/mol. The molecule has 0 saturated heterocycles. The quantitative estimate of drug-likeness (QED) is 0.435.